The molecule has 0 saturated heterocycles. The lowest BCUT2D eigenvalue weighted by molar-refractivity contribution is 1.18. The van der Waals surface area contributed by atoms with Crippen LogP contribution < -0.4 is 4.90 Å². The average molecular weight is 789 g/mol. The minimum absolute atomic E-state index is 1.08. The van der Waals surface area contributed by atoms with E-state index in [4.69, 9.17) is 0 Å². The second-order valence-electron chi connectivity index (χ2n) is 16.1. The van der Waals surface area contributed by atoms with Crippen LogP contribution in [0, 0.1) is 0 Å². The molecule has 0 aliphatic rings. The maximum absolute atomic E-state index is 2.44. The van der Waals surface area contributed by atoms with E-state index in [9.17, 15) is 0 Å². The van der Waals surface area contributed by atoms with Crippen molar-refractivity contribution < 1.29 is 0 Å². The summed E-state index contributed by atoms with van der Waals surface area (Å²) in [5.74, 6) is 0. The van der Waals surface area contributed by atoms with Crippen LogP contribution >= 0.6 is 0 Å². The normalized spacial score (nSPS) is 11.5. The lowest BCUT2D eigenvalue weighted by Gasteiger charge is -2.27. The Bertz CT molecular complexity index is 3620. The van der Waals surface area contributed by atoms with Crippen molar-refractivity contribution in [1.29, 1.82) is 0 Å². The van der Waals surface area contributed by atoms with Gasteiger partial charge < -0.3 is 9.47 Å². The number of hydrogen-bond acceptors (Lipinski definition) is 1. The van der Waals surface area contributed by atoms with Crippen LogP contribution in [-0.4, -0.2) is 4.57 Å². The molecule has 0 spiro atoms. The third-order valence-corrected chi connectivity index (χ3v) is 12.5. The Morgan fingerprint density at radius 1 is 0.258 bits per heavy atom. The second-order valence-corrected chi connectivity index (χ2v) is 16.1. The van der Waals surface area contributed by atoms with Crippen molar-refractivity contribution in [2.24, 2.45) is 0 Å². The van der Waals surface area contributed by atoms with Gasteiger partial charge in [-0.25, -0.2) is 0 Å². The maximum atomic E-state index is 2.44. The fourth-order valence-corrected chi connectivity index (χ4v) is 9.72. The van der Waals surface area contributed by atoms with Crippen molar-refractivity contribution in [3.8, 4) is 39.1 Å². The third kappa shape index (κ3) is 5.96. The van der Waals surface area contributed by atoms with Crippen molar-refractivity contribution in [3.05, 3.63) is 243 Å². The maximum Gasteiger partial charge on any atom is 0.0561 e. The fraction of sp³-hybridized carbons (Fsp3) is 0. The molecule has 1 heterocycles. The van der Waals surface area contributed by atoms with Gasteiger partial charge in [-0.3, -0.25) is 0 Å². The lowest BCUT2D eigenvalue weighted by atomic mass is 9.85. The summed E-state index contributed by atoms with van der Waals surface area (Å²) in [4.78, 5) is 2.44. The molecule has 0 amide bonds. The zero-order valence-electron chi connectivity index (χ0n) is 34.0. The predicted molar refractivity (Wildman–Crippen MR) is 264 cm³/mol. The molecular weight excluding hydrogens is 749 g/mol. The molecular formula is C60H40N2. The van der Waals surface area contributed by atoms with Crippen molar-refractivity contribution in [3.63, 3.8) is 0 Å². The number of hydrogen-bond donors (Lipinski definition) is 0. The van der Waals surface area contributed by atoms with Crippen LogP contribution in [0.25, 0.3) is 93.2 Å². The minimum Gasteiger partial charge on any atom is -0.310 e. The van der Waals surface area contributed by atoms with E-state index < -0.39 is 0 Å². The molecule has 0 atom stereocenters. The molecule has 0 saturated carbocycles. The number of fused-ring (bicyclic) bond motifs is 7. The molecule has 0 N–H and O–H groups in total. The lowest BCUT2D eigenvalue weighted by Crippen LogP contribution is -2.10. The summed E-state index contributed by atoms with van der Waals surface area (Å²) in [5, 5.41) is 9.84. The van der Waals surface area contributed by atoms with Crippen molar-refractivity contribution in [2.45, 2.75) is 0 Å². The molecule has 11 aromatic carbocycles. The molecule has 0 bridgehead atoms. The molecule has 0 aliphatic heterocycles. The topological polar surface area (TPSA) is 8.17 Å². The first-order valence-electron chi connectivity index (χ1n) is 21.3. The van der Waals surface area contributed by atoms with E-state index in [0.29, 0.717) is 0 Å². The molecule has 12 rings (SSSR count). The van der Waals surface area contributed by atoms with Gasteiger partial charge in [0.2, 0.25) is 0 Å². The number of aromatic nitrogens is 1. The Kier molecular flexibility index (Phi) is 8.53. The van der Waals surface area contributed by atoms with Gasteiger partial charge in [0.05, 0.1) is 11.0 Å². The van der Waals surface area contributed by atoms with E-state index in [2.05, 4.69) is 252 Å². The quantitative estimate of drug-likeness (QED) is 0.146. The fourth-order valence-electron chi connectivity index (χ4n) is 9.72. The zero-order chi connectivity index (χ0) is 41.0. The molecule has 0 aliphatic carbocycles. The molecule has 0 fully saturated rings. The van der Waals surface area contributed by atoms with Gasteiger partial charge >= 0.3 is 0 Å². The highest BCUT2D eigenvalue weighted by atomic mass is 15.1. The van der Waals surface area contributed by atoms with E-state index in [-0.39, 0.29) is 0 Å². The minimum atomic E-state index is 1.08. The summed E-state index contributed by atoms with van der Waals surface area (Å²) in [7, 11) is 0. The largest absolute Gasteiger partial charge is 0.310 e. The van der Waals surface area contributed by atoms with Gasteiger partial charge in [-0.15, -0.1) is 0 Å². The monoisotopic (exact) mass is 788 g/mol. The highest BCUT2D eigenvalue weighted by molar-refractivity contribution is 6.22. The summed E-state index contributed by atoms with van der Waals surface area (Å²) in [5.41, 5.74) is 14.0. The van der Waals surface area contributed by atoms with Gasteiger partial charge in [0.1, 0.15) is 0 Å². The summed E-state index contributed by atoms with van der Waals surface area (Å²) >= 11 is 0. The van der Waals surface area contributed by atoms with Crippen molar-refractivity contribution in [1.82, 2.24) is 4.57 Å². The highest BCUT2D eigenvalue weighted by Crippen LogP contribution is 2.47. The number of anilines is 3. The Labute approximate surface area is 360 Å². The number of nitrogens with zero attached hydrogens (tertiary/aromatic N) is 2. The number of benzene rings is 11. The van der Waals surface area contributed by atoms with Gasteiger partial charge in [-0.1, -0.05) is 188 Å². The standard InChI is InChI=1S/C60H40N2/c1-4-17-41(18-5-1)46-25-16-26-47(37-46)61(50-34-36-54-53-28-14-15-30-57(53)62(58(54)40-50)48-32-31-42-19-10-11-24-45(42)38-48)49-33-35-52-51-27-12-13-29-55(51)59(43-20-6-2-7-21-43)60(56(52)39-49)44-22-8-3-9-23-44/h1-40H. The van der Waals surface area contributed by atoms with E-state index in [0.717, 1.165) is 28.3 Å². The molecule has 0 radical (unpaired) electrons. The summed E-state index contributed by atoms with van der Waals surface area (Å²) in [6, 6.07) is 88.6. The second kappa shape index (κ2) is 14.8. The highest BCUT2D eigenvalue weighted by Gasteiger charge is 2.22. The molecule has 2 heteroatoms. The average Bonchev–Trinajstić information content (AvgIpc) is 3.68. The number of rotatable bonds is 7. The molecule has 2 nitrogen and oxygen atoms in total. The van der Waals surface area contributed by atoms with Crippen LogP contribution in [0.3, 0.4) is 0 Å². The first-order chi connectivity index (χ1) is 30.8. The summed E-state index contributed by atoms with van der Waals surface area (Å²) < 4.78 is 2.44. The Morgan fingerprint density at radius 2 is 0.774 bits per heavy atom. The van der Waals surface area contributed by atoms with Crippen LogP contribution in [0.4, 0.5) is 17.1 Å². The SMILES string of the molecule is c1ccc(-c2cccc(N(c3ccc4c(c3)c(-c3ccccc3)c(-c3ccccc3)c3ccccc34)c3ccc4c5ccccc5n(-c5ccc6ccccc6c5)c4c3)c2)cc1. The molecule has 62 heavy (non-hydrogen) atoms. The van der Waals surface area contributed by atoms with Gasteiger partial charge in [-0.2, -0.15) is 0 Å². The van der Waals surface area contributed by atoms with E-state index in [1.807, 2.05) is 0 Å². The van der Waals surface area contributed by atoms with E-state index >= 15 is 0 Å². The summed E-state index contributed by atoms with van der Waals surface area (Å²) in [6.45, 7) is 0. The molecule has 12 aromatic rings. The molecule has 290 valence electrons. The van der Waals surface area contributed by atoms with Crippen LogP contribution in [0.1, 0.15) is 0 Å². The van der Waals surface area contributed by atoms with Gasteiger partial charge in [0, 0.05) is 33.5 Å². The number of para-hydroxylation sites is 1. The predicted octanol–water partition coefficient (Wildman–Crippen LogP) is 16.7. The van der Waals surface area contributed by atoms with E-state index in [1.54, 1.807) is 0 Å². The Morgan fingerprint density at radius 3 is 1.52 bits per heavy atom. The van der Waals surface area contributed by atoms with Gasteiger partial charge in [0.25, 0.3) is 0 Å². The first kappa shape index (κ1) is 35.7. The van der Waals surface area contributed by atoms with E-state index in [1.165, 1.54) is 82.0 Å². The Balaban J connectivity index is 1.15. The third-order valence-electron chi connectivity index (χ3n) is 12.5. The van der Waals surface area contributed by atoms with Crippen molar-refractivity contribution in [2.75, 3.05) is 4.90 Å². The molecule has 1 aromatic heterocycles. The summed E-state index contributed by atoms with van der Waals surface area (Å²) in [6.07, 6.45) is 0. The van der Waals surface area contributed by atoms with Crippen LogP contribution in [0.15, 0.2) is 243 Å². The van der Waals surface area contributed by atoms with Crippen LogP contribution in [0.2, 0.25) is 0 Å². The van der Waals surface area contributed by atoms with Crippen molar-refractivity contribution >= 4 is 71.2 Å². The smallest absolute Gasteiger partial charge is 0.0561 e. The Hall–Kier alpha value is -8.20. The molecule has 0 unspecified atom stereocenters. The van der Waals surface area contributed by atoms with Crippen LogP contribution in [0.5, 0.6) is 0 Å². The van der Waals surface area contributed by atoms with Crippen LogP contribution in [-0.2, 0) is 0 Å². The first-order valence-corrected chi connectivity index (χ1v) is 21.3. The van der Waals surface area contributed by atoms with Gasteiger partial charge in [-0.05, 0) is 120 Å². The zero-order valence-corrected chi connectivity index (χ0v) is 34.0. The van der Waals surface area contributed by atoms with Gasteiger partial charge in [0.15, 0.2) is 0 Å².